The number of unbranched alkanes of at least 4 members (excludes halogenated alkanes) is 1. The molecule has 0 spiro atoms. The molecular weight excluding hydrogens is 324 g/mol. The molecule has 134 valence electrons. The van der Waals surface area contributed by atoms with Gasteiger partial charge in [0.2, 0.25) is 15.9 Å². The van der Waals surface area contributed by atoms with E-state index in [1.165, 1.54) is 9.87 Å². The summed E-state index contributed by atoms with van der Waals surface area (Å²) in [6.45, 7) is 6.84. The summed E-state index contributed by atoms with van der Waals surface area (Å²) in [5, 5.41) is 2.93. The number of nitrogens with zero attached hydrogens (tertiary/aromatic N) is 1. The Hall–Kier alpha value is -1.40. The van der Waals surface area contributed by atoms with Crippen molar-refractivity contribution < 1.29 is 13.2 Å². The van der Waals surface area contributed by atoms with Gasteiger partial charge in [-0.3, -0.25) is 4.79 Å². The molecule has 1 atom stereocenters. The Kier molecular flexibility index (Phi) is 6.40. The highest BCUT2D eigenvalue weighted by Crippen LogP contribution is 2.22. The molecular formula is C18H28N2O3S. The predicted octanol–water partition coefficient (Wildman–Crippen LogP) is 3.08. The first-order valence-corrected chi connectivity index (χ1v) is 10.3. The van der Waals surface area contributed by atoms with Gasteiger partial charge in [-0.25, -0.2) is 12.7 Å². The summed E-state index contributed by atoms with van der Waals surface area (Å²) < 4.78 is 26.2. The van der Waals surface area contributed by atoms with E-state index in [1.54, 1.807) is 0 Å². The minimum atomic E-state index is -3.24. The fraction of sp³-hybridized carbons (Fsp3) is 0.611. The van der Waals surface area contributed by atoms with Crippen molar-refractivity contribution in [1.82, 2.24) is 4.31 Å². The maximum absolute atomic E-state index is 12.5. The zero-order valence-corrected chi connectivity index (χ0v) is 15.7. The van der Waals surface area contributed by atoms with Gasteiger partial charge >= 0.3 is 0 Å². The van der Waals surface area contributed by atoms with E-state index in [2.05, 4.69) is 5.32 Å². The van der Waals surface area contributed by atoms with Crippen molar-refractivity contribution in [3.63, 3.8) is 0 Å². The molecule has 1 amide bonds. The molecule has 0 saturated carbocycles. The molecule has 2 rings (SSSR count). The number of nitrogens with one attached hydrogen (secondary N) is 1. The quantitative estimate of drug-likeness (QED) is 0.855. The Morgan fingerprint density at radius 3 is 2.71 bits per heavy atom. The lowest BCUT2D eigenvalue weighted by molar-refractivity contribution is -0.120. The number of sulfonamides is 1. The minimum absolute atomic E-state index is 0.0892. The van der Waals surface area contributed by atoms with Crippen LogP contribution in [0.15, 0.2) is 18.2 Å². The summed E-state index contributed by atoms with van der Waals surface area (Å²) in [4.78, 5) is 12.5. The first-order valence-electron chi connectivity index (χ1n) is 8.69. The molecule has 5 nitrogen and oxygen atoms in total. The second-order valence-electron chi connectivity index (χ2n) is 6.66. The van der Waals surface area contributed by atoms with Gasteiger partial charge in [0.25, 0.3) is 0 Å². The molecule has 1 N–H and O–H groups in total. The van der Waals surface area contributed by atoms with Crippen LogP contribution in [-0.2, 0) is 14.8 Å². The van der Waals surface area contributed by atoms with Crippen LogP contribution in [0.1, 0.15) is 43.7 Å². The Morgan fingerprint density at radius 2 is 2.04 bits per heavy atom. The fourth-order valence-electron chi connectivity index (χ4n) is 2.93. The van der Waals surface area contributed by atoms with E-state index in [0.29, 0.717) is 19.5 Å². The standard InChI is InChI=1S/C18H28N2O3S/c1-4-5-11-24(22,23)20-10-6-7-16(13-20)18(21)19-17-9-8-14(2)15(3)12-17/h8-9,12,16H,4-7,10-11,13H2,1-3H3,(H,19,21). The number of hydrogen-bond donors (Lipinski definition) is 1. The van der Waals surface area contributed by atoms with Crippen LogP contribution >= 0.6 is 0 Å². The number of hydrogen-bond acceptors (Lipinski definition) is 3. The van der Waals surface area contributed by atoms with Gasteiger partial charge in [-0.2, -0.15) is 0 Å². The maximum atomic E-state index is 12.5. The SMILES string of the molecule is CCCCS(=O)(=O)N1CCCC(C(=O)Nc2ccc(C)c(C)c2)C1. The van der Waals surface area contributed by atoms with Crippen LogP contribution in [-0.4, -0.2) is 37.5 Å². The number of rotatable bonds is 6. The van der Waals surface area contributed by atoms with E-state index >= 15 is 0 Å². The third-order valence-corrected chi connectivity index (χ3v) is 6.60. The molecule has 0 radical (unpaired) electrons. The van der Waals surface area contributed by atoms with Gasteiger partial charge in [0.1, 0.15) is 0 Å². The largest absolute Gasteiger partial charge is 0.326 e. The van der Waals surface area contributed by atoms with Gasteiger partial charge < -0.3 is 5.32 Å². The molecule has 0 aromatic heterocycles. The summed E-state index contributed by atoms with van der Waals surface area (Å²) in [5.74, 6) is -0.194. The zero-order chi connectivity index (χ0) is 17.7. The Morgan fingerprint density at radius 1 is 1.29 bits per heavy atom. The highest BCUT2D eigenvalue weighted by atomic mass is 32.2. The number of carbonyl (C=O) groups is 1. The van der Waals surface area contributed by atoms with Crippen molar-refractivity contribution in [1.29, 1.82) is 0 Å². The lowest BCUT2D eigenvalue weighted by Crippen LogP contribution is -2.44. The zero-order valence-electron chi connectivity index (χ0n) is 14.8. The second kappa shape index (κ2) is 8.12. The normalized spacial score (nSPS) is 19.2. The number of anilines is 1. The first-order chi connectivity index (χ1) is 11.3. The number of aryl methyl sites for hydroxylation is 2. The third-order valence-electron chi connectivity index (χ3n) is 4.68. The van der Waals surface area contributed by atoms with Crippen LogP contribution < -0.4 is 5.32 Å². The lowest BCUT2D eigenvalue weighted by atomic mass is 9.98. The van der Waals surface area contributed by atoms with Crippen molar-refractivity contribution in [3.05, 3.63) is 29.3 Å². The van der Waals surface area contributed by atoms with E-state index in [9.17, 15) is 13.2 Å². The van der Waals surface area contributed by atoms with Gasteiger partial charge in [0.05, 0.1) is 11.7 Å². The van der Waals surface area contributed by atoms with E-state index in [1.807, 2.05) is 39.0 Å². The smallest absolute Gasteiger partial charge is 0.228 e. The molecule has 1 unspecified atom stereocenters. The predicted molar refractivity (Wildman–Crippen MR) is 97.5 cm³/mol. The molecule has 1 saturated heterocycles. The topological polar surface area (TPSA) is 66.5 Å². The summed E-state index contributed by atoms with van der Waals surface area (Å²) in [5.41, 5.74) is 3.08. The van der Waals surface area contributed by atoms with Crippen molar-refractivity contribution in [2.45, 2.75) is 46.5 Å². The monoisotopic (exact) mass is 352 g/mol. The fourth-order valence-corrected chi connectivity index (χ4v) is 4.65. The van der Waals surface area contributed by atoms with Gasteiger partial charge in [0.15, 0.2) is 0 Å². The Balaban J connectivity index is 2.00. The van der Waals surface area contributed by atoms with Crippen molar-refractivity contribution in [3.8, 4) is 0 Å². The molecule has 0 bridgehead atoms. The van der Waals surface area contributed by atoms with Crippen LogP contribution in [0.5, 0.6) is 0 Å². The summed E-state index contributed by atoms with van der Waals surface area (Å²) in [6, 6.07) is 5.82. The van der Waals surface area contributed by atoms with Crippen LogP contribution in [0.25, 0.3) is 0 Å². The number of piperidine rings is 1. The summed E-state index contributed by atoms with van der Waals surface area (Å²) in [7, 11) is -3.24. The number of amides is 1. The van der Waals surface area contributed by atoms with E-state index in [0.717, 1.165) is 30.5 Å². The summed E-state index contributed by atoms with van der Waals surface area (Å²) in [6.07, 6.45) is 2.98. The summed E-state index contributed by atoms with van der Waals surface area (Å²) >= 11 is 0. The molecule has 1 aromatic rings. The van der Waals surface area contributed by atoms with Crippen LogP contribution in [0.4, 0.5) is 5.69 Å². The van der Waals surface area contributed by atoms with Crippen LogP contribution in [0.3, 0.4) is 0 Å². The highest BCUT2D eigenvalue weighted by Gasteiger charge is 2.31. The first kappa shape index (κ1) is 18.9. The maximum Gasteiger partial charge on any atom is 0.228 e. The number of benzene rings is 1. The molecule has 1 aliphatic heterocycles. The molecule has 1 heterocycles. The van der Waals surface area contributed by atoms with E-state index < -0.39 is 10.0 Å². The van der Waals surface area contributed by atoms with Gasteiger partial charge in [-0.1, -0.05) is 19.4 Å². The average Bonchev–Trinajstić information content (AvgIpc) is 2.56. The van der Waals surface area contributed by atoms with Crippen LogP contribution in [0.2, 0.25) is 0 Å². The molecule has 1 aliphatic rings. The molecule has 6 heteroatoms. The van der Waals surface area contributed by atoms with Crippen molar-refractivity contribution in [2.75, 3.05) is 24.2 Å². The highest BCUT2D eigenvalue weighted by molar-refractivity contribution is 7.89. The van der Waals surface area contributed by atoms with Crippen molar-refractivity contribution >= 4 is 21.6 Å². The Labute approximate surface area is 145 Å². The lowest BCUT2D eigenvalue weighted by Gasteiger charge is -2.31. The van der Waals surface area contributed by atoms with Gasteiger partial charge in [-0.15, -0.1) is 0 Å². The van der Waals surface area contributed by atoms with Gasteiger partial charge in [0, 0.05) is 18.8 Å². The molecule has 0 aliphatic carbocycles. The molecule has 24 heavy (non-hydrogen) atoms. The van der Waals surface area contributed by atoms with Crippen LogP contribution in [0, 0.1) is 19.8 Å². The Bertz CT molecular complexity index is 686. The van der Waals surface area contributed by atoms with E-state index in [-0.39, 0.29) is 17.6 Å². The van der Waals surface area contributed by atoms with E-state index in [4.69, 9.17) is 0 Å². The van der Waals surface area contributed by atoms with Crippen molar-refractivity contribution in [2.24, 2.45) is 5.92 Å². The molecule has 1 aromatic carbocycles. The van der Waals surface area contributed by atoms with Gasteiger partial charge in [-0.05, 0) is 56.4 Å². The minimum Gasteiger partial charge on any atom is -0.326 e. The molecule has 1 fully saturated rings. The number of carbonyl (C=O) groups excluding carboxylic acids is 1. The second-order valence-corrected chi connectivity index (χ2v) is 8.74. The third kappa shape index (κ3) is 4.80. The average molecular weight is 353 g/mol.